The highest BCUT2D eigenvalue weighted by molar-refractivity contribution is 7.94. The van der Waals surface area contributed by atoms with Crippen molar-refractivity contribution in [3.05, 3.63) is 16.7 Å². The van der Waals surface area contributed by atoms with Gasteiger partial charge in [0.1, 0.15) is 5.00 Å². The minimum absolute atomic E-state index is 0.0281. The fourth-order valence-electron chi connectivity index (χ4n) is 1.94. The van der Waals surface area contributed by atoms with Gasteiger partial charge in [0.15, 0.2) is 10.3 Å². The van der Waals surface area contributed by atoms with Crippen LogP contribution in [0.1, 0.15) is 12.8 Å². The first-order valence-corrected chi connectivity index (χ1v) is 9.45. The molecule has 0 aliphatic carbocycles. The number of aromatic nitrogens is 2. The van der Waals surface area contributed by atoms with E-state index in [1.54, 1.807) is 5.38 Å². The van der Waals surface area contributed by atoms with Crippen LogP contribution in [0.5, 0.6) is 0 Å². The third-order valence-corrected chi connectivity index (χ3v) is 6.85. The number of thiazole rings is 2. The largest absolute Gasteiger partial charge is 0.361 e. The quantitative estimate of drug-likeness (QED) is 0.917. The van der Waals surface area contributed by atoms with E-state index < -0.39 is 10.0 Å². The molecule has 2 aromatic heterocycles. The van der Waals surface area contributed by atoms with E-state index in [1.807, 2.05) is 0 Å². The number of nitrogens with one attached hydrogen (secondary N) is 1. The highest BCUT2D eigenvalue weighted by Gasteiger charge is 2.26. The first-order chi connectivity index (χ1) is 9.56. The van der Waals surface area contributed by atoms with Gasteiger partial charge in [-0.05, 0) is 12.8 Å². The van der Waals surface area contributed by atoms with Crippen molar-refractivity contribution >= 4 is 54.4 Å². The second-order valence-electron chi connectivity index (χ2n) is 4.21. The van der Waals surface area contributed by atoms with Gasteiger partial charge in [-0.15, -0.1) is 11.3 Å². The third kappa shape index (κ3) is 2.76. The highest BCUT2D eigenvalue weighted by atomic mass is 35.5. The Hall–Kier alpha value is -0.900. The first-order valence-electron chi connectivity index (χ1n) is 5.90. The van der Waals surface area contributed by atoms with Crippen molar-refractivity contribution in [2.24, 2.45) is 0 Å². The molecule has 3 rings (SSSR count). The van der Waals surface area contributed by atoms with Crippen LogP contribution in [0, 0.1) is 0 Å². The van der Waals surface area contributed by atoms with Gasteiger partial charge < -0.3 is 4.90 Å². The first kappa shape index (κ1) is 14.1. The van der Waals surface area contributed by atoms with Crippen LogP contribution in [0.4, 0.5) is 10.1 Å². The average Bonchev–Trinajstić information content (AvgIpc) is 3.07. The van der Waals surface area contributed by atoms with Crippen LogP contribution < -0.4 is 9.62 Å². The molecule has 108 valence electrons. The maximum Gasteiger partial charge on any atom is 0.291 e. The third-order valence-electron chi connectivity index (χ3n) is 2.83. The molecule has 0 radical (unpaired) electrons. The van der Waals surface area contributed by atoms with Crippen LogP contribution in [0.2, 0.25) is 5.15 Å². The molecule has 6 nitrogen and oxygen atoms in total. The van der Waals surface area contributed by atoms with Crippen molar-refractivity contribution in [1.29, 1.82) is 0 Å². The van der Waals surface area contributed by atoms with Gasteiger partial charge in [-0.3, -0.25) is 4.72 Å². The van der Waals surface area contributed by atoms with Crippen LogP contribution in [0.15, 0.2) is 15.9 Å². The minimum atomic E-state index is -3.72. The fraction of sp³-hybridized carbons (Fsp3) is 0.400. The summed E-state index contributed by atoms with van der Waals surface area (Å²) in [5.74, 6) is 0. The Kier molecular flexibility index (Phi) is 3.85. The average molecular weight is 351 g/mol. The molecule has 0 unspecified atom stereocenters. The molecule has 0 aromatic carbocycles. The van der Waals surface area contributed by atoms with Gasteiger partial charge in [-0.25, -0.2) is 9.97 Å². The lowest BCUT2D eigenvalue weighted by atomic mass is 10.4. The molecule has 0 saturated carbocycles. The lowest BCUT2D eigenvalue weighted by Crippen LogP contribution is -2.16. The standard InChI is InChI=1S/C10H11ClN4O2S3/c11-7-8(15-4-1-2-5-15)19-10(13-7)20(16,17)14-9-12-3-6-18-9/h3,6H,1-2,4-5H2,(H,12,14). The van der Waals surface area contributed by atoms with Crippen molar-refractivity contribution < 1.29 is 8.42 Å². The monoisotopic (exact) mass is 350 g/mol. The Morgan fingerprint density at radius 3 is 2.75 bits per heavy atom. The van der Waals surface area contributed by atoms with E-state index in [-0.39, 0.29) is 9.49 Å². The van der Waals surface area contributed by atoms with E-state index >= 15 is 0 Å². The number of sulfonamides is 1. The molecule has 0 amide bonds. The molecule has 0 atom stereocenters. The Morgan fingerprint density at radius 1 is 1.35 bits per heavy atom. The number of nitrogens with zero attached hydrogens (tertiary/aromatic N) is 3. The Labute approximate surface area is 129 Å². The van der Waals surface area contributed by atoms with Crippen LogP contribution in [-0.2, 0) is 10.0 Å². The van der Waals surface area contributed by atoms with Gasteiger partial charge in [-0.2, -0.15) is 8.42 Å². The Morgan fingerprint density at radius 2 is 2.10 bits per heavy atom. The number of hydrogen-bond acceptors (Lipinski definition) is 7. The van der Waals surface area contributed by atoms with Gasteiger partial charge in [0.05, 0.1) is 0 Å². The van der Waals surface area contributed by atoms with Crippen LogP contribution in [0.25, 0.3) is 0 Å². The van der Waals surface area contributed by atoms with Gasteiger partial charge in [0.25, 0.3) is 10.0 Å². The number of hydrogen-bond donors (Lipinski definition) is 1. The molecule has 10 heteroatoms. The molecular weight excluding hydrogens is 340 g/mol. The van der Waals surface area contributed by atoms with E-state index in [9.17, 15) is 8.42 Å². The van der Waals surface area contributed by atoms with Gasteiger partial charge >= 0.3 is 0 Å². The van der Waals surface area contributed by atoms with Crippen LogP contribution >= 0.6 is 34.3 Å². The molecule has 3 heterocycles. The summed E-state index contributed by atoms with van der Waals surface area (Å²) in [4.78, 5) is 9.94. The lowest BCUT2D eigenvalue weighted by Gasteiger charge is -2.13. The molecule has 1 saturated heterocycles. The second kappa shape index (κ2) is 5.47. The predicted molar refractivity (Wildman–Crippen MR) is 81.5 cm³/mol. The summed E-state index contributed by atoms with van der Waals surface area (Å²) in [7, 11) is -3.72. The van der Waals surface area contributed by atoms with Gasteiger partial charge in [0, 0.05) is 24.7 Å². The topological polar surface area (TPSA) is 75.2 Å². The predicted octanol–water partition coefficient (Wildman–Crippen LogP) is 2.65. The van der Waals surface area contributed by atoms with E-state index in [0.29, 0.717) is 5.13 Å². The van der Waals surface area contributed by atoms with E-state index in [0.717, 1.165) is 42.3 Å². The van der Waals surface area contributed by atoms with E-state index in [4.69, 9.17) is 11.6 Å². The summed E-state index contributed by atoms with van der Waals surface area (Å²) in [6.45, 7) is 1.78. The number of halogens is 1. The second-order valence-corrected chi connectivity index (χ2v) is 8.30. The molecular formula is C10H11ClN4O2S3. The van der Waals surface area contributed by atoms with Gasteiger partial charge in [-0.1, -0.05) is 22.9 Å². The molecule has 0 bridgehead atoms. The number of anilines is 2. The molecule has 1 aliphatic heterocycles. The summed E-state index contributed by atoms with van der Waals surface area (Å²) in [5.41, 5.74) is 0. The maximum absolute atomic E-state index is 12.2. The molecule has 1 aliphatic rings. The van der Waals surface area contributed by atoms with Crippen molar-refractivity contribution in [2.45, 2.75) is 17.2 Å². The summed E-state index contributed by atoms with van der Waals surface area (Å²) < 4.78 is 26.8. The van der Waals surface area contributed by atoms with Crippen molar-refractivity contribution in [3.8, 4) is 0 Å². The van der Waals surface area contributed by atoms with Crippen molar-refractivity contribution in [3.63, 3.8) is 0 Å². The minimum Gasteiger partial charge on any atom is -0.361 e. The molecule has 2 aromatic rings. The lowest BCUT2D eigenvalue weighted by molar-refractivity contribution is 0.600. The van der Waals surface area contributed by atoms with Gasteiger partial charge in [0.2, 0.25) is 4.34 Å². The molecule has 0 spiro atoms. The Balaban J connectivity index is 1.88. The summed E-state index contributed by atoms with van der Waals surface area (Å²) >= 11 is 8.37. The van der Waals surface area contributed by atoms with Crippen LogP contribution in [-0.4, -0.2) is 31.5 Å². The zero-order valence-electron chi connectivity index (χ0n) is 10.2. The maximum atomic E-state index is 12.2. The zero-order valence-corrected chi connectivity index (χ0v) is 13.4. The highest BCUT2D eigenvalue weighted by Crippen LogP contribution is 2.37. The van der Waals surface area contributed by atoms with Crippen molar-refractivity contribution in [1.82, 2.24) is 9.97 Å². The van der Waals surface area contributed by atoms with E-state index in [1.165, 1.54) is 17.5 Å². The summed E-state index contributed by atoms with van der Waals surface area (Å²) in [6, 6.07) is 0. The Bertz CT molecular complexity index is 692. The smallest absolute Gasteiger partial charge is 0.291 e. The van der Waals surface area contributed by atoms with Crippen LogP contribution in [0.3, 0.4) is 0 Å². The van der Waals surface area contributed by atoms with E-state index in [2.05, 4.69) is 19.6 Å². The fourth-order valence-corrected chi connectivity index (χ4v) is 5.38. The summed E-state index contributed by atoms with van der Waals surface area (Å²) in [5, 5.41) is 2.99. The molecule has 20 heavy (non-hydrogen) atoms. The normalized spacial score (nSPS) is 15.8. The number of rotatable bonds is 4. The molecule has 1 fully saturated rings. The summed E-state index contributed by atoms with van der Waals surface area (Å²) in [6.07, 6.45) is 3.72. The van der Waals surface area contributed by atoms with Crippen molar-refractivity contribution in [2.75, 3.05) is 22.7 Å². The zero-order chi connectivity index (χ0) is 14.2. The molecule has 1 N–H and O–H groups in total. The SMILES string of the molecule is O=S(=O)(Nc1nccs1)c1nc(Cl)c(N2CCCC2)s1.